The highest BCUT2D eigenvalue weighted by Crippen LogP contribution is 2.21. The van der Waals surface area contributed by atoms with Crippen LogP contribution in [0.15, 0.2) is 0 Å². The Kier molecular flexibility index (Phi) is 6.80. The van der Waals surface area contributed by atoms with Crippen LogP contribution in [0.25, 0.3) is 0 Å². The molecule has 2 aliphatic heterocycles. The Hall–Kier alpha value is -0.610. The molecule has 2 aliphatic rings. The third kappa shape index (κ3) is 4.74. The standard InChI is InChI=1S/C16H30N2O2/c19-13-7-9-15-8-6-12-18(15)14-16(20)17-10-4-2-1-3-5-11-17/h15,19H,1-14H2. The first-order valence-corrected chi connectivity index (χ1v) is 8.44. The quantitative estimate of drug-likeness (QED) is 0.839. The van der Waals surface area contributed by atoms with Crippen LogP contribution in [0.3, 0.4) is 0 Å². The van der Waals surface area contributed by atoms with E-state index in [2.05, 4.69) is 9.80 Å². The minimum atomic E-state index is 0.268. The lowest BCUT2D eigenvalue weighted by molar-refractivity contribution is -0.133. The third-order valence-corrected chi connectivity index (χ3v) is 4.74. The molecule has 2 saturated heterocycles. The first-order valence-electron chi connectivity index (χ1n) is 8.44. The van der Waals surface area contributed by atoms with Crippen LogP contribution in [0.2, 0.25) is 0 Å². The van der Waals surface area contributed by atoms with Gasteiger partial charge in [0, 0.05) is 25.7 Å². The molecule has 1 amide bonds. The molecule has 0 spiro atoms. The highest BCUT2D eigenvalue weighted by atomic mass is 16.3. The molecule has 0 aromatic carbocycles. The monoisotopic (exact) mass is 282 g/mol. The van der Waals surface area contributed by atoms with Crippen LogP contribution in [-0.2, 0) is 4.79 Å². The van der Waals surface area contributed by atoms with Crippen molar-refractivity contribution in [1.82, 2.24) is 9.80 Å². The Balaban J connectivity index is 1.79. The molecule has 4 nitrogen and oxygen atoms in total. The lowest BCUT2D eigenvalue weighted by atomic mass is 10.1. The van der Waals surface area contributed by atoms with Gasteiger partial charge < -0.3 is 10.0 Å². The molecule has 0 aromatic heterocycles. The average molecular weight is 282 g/mol. The van der Waals surface area contributed by atoms with Crippen LogP contribution in [-0.4, -0.2) is 59.6 Å². The van der Waals surface area contributed by atoms with E-state index in [1.165, 1.54) is 44.9 Å². The van der Waals surface area contributed by atoms with Crippen molar-refractivity contribution >= 4 is 5.91 Å². The van der Waals surface area contributed by atoms with Gasteiger partial charge in [0.25, 0.3) is 0 Å². The molecular weight excluding hydrogens is 252 g/mol. The Morgan fingerprint density at radius 3 is 2.40 bits per heavy atom. The Labute approximate surface area is 123 Å². The first kappa shape index (κ1) is 15.8. The topological polar surface area (TPSA) is 43.8 Å². The number of carbonyl (C=O) groups is 1. The molecule has 116 valence electrons. The summed E-state index contributed by atoms with van der Waals surface area (Å²) in [7, 11) is 0. The second kappa shape index (κ2) is 8.63. The second-order valence-electron chi connectivity index (χ2n) is 6.28. The summed E-state index contributed by atoms with van der Waals surface area (Å²) in [6.45, 7) is 3.82. The second-order valence-corrected chi connectivity index (χ2v) is 6.28. The van der Waals surface area contributed by atoms with Crippen molar-refractivity contribution in [3.63, 3.8) is 0 Å². The number of nitrogens with zero attached hydrogens (tertiary/aromatic N) is 2. The van der Waals surface area contributed by atoms with Gasteiger partial charge in [-0.15, -0.1) is 0 Å². The molecule has 0 aromatic rings. The van der Waals surface area contributed by atoms with E-state index in [4.69, 9.17) is 5.11 Å². The van der Waals surface area contributed by atoms with Crippen molar-refractivity contribution in [2.45, 2.75) is 63.8 Å². The summed E-state index contributed by atoms with van der Waals surface area (Å²) in [5.74, 6) is 0.322. The van der Waals surface area contributed by atoms with Gasteiger partial charge in [0.2, 0.25) is 5.91 Å². The normalized spacial score (nSPS) is 25.4. The zero-order valence-corrected chi connectivity index (χ0v) is 12.7. The largest absolute Gasteiger partial charge is 0.396 e. The van der Waals surface area contributed by atoms with E-state index in [1.807, 2.05) is 0 Å². The number of carbonyl (C=O) groups excluding carboxylic acids is 1. The van der Waals surface area contributed by atoms with E-state index in [1.54, 1.807) is 0 Å². The van der Waals surface area contributed by atoms with Crippen LogP contribution in [0, 0.1) is 0 Å². The Morgan fingerprint density at radius 1 is 1.00 bits per heavy atom. The fourth-order valence-corrected chi connectivity index (χ4v) is 3.53. The highest BCUT2D eigenvalue weighted by Gasteiger charge is 2.27. The van der Waals surface area contributed by atoms with Gasteiger partial charge >= 0.3 is 0 Å². The molecule has 4 heteroatoms. The first-order chi connectivity index (χ1) is 9.81. The van der Waals surface area contributed by atoms with E-state index < -0.39 is 0 Å². The van der Waals surface area contributed by atoms with Gasteiger partial charge in [-0.25, -0.2) is 0 Å². The molecular formula is C16H30N2O2. The van der Waals surface area contributed by atoms with Crippen molar-refractivity contribution in [3.05, 3.63) is 0 Å². The summed E-state index contributed by atoms with van der Waals surface area (Å²) in [6.07, 6.45) is 10.5. The van der Waals surface area contributed by atoms with Crippen molar-refractivity contribution in [2.75, 3.05) is 32.8 Å². The average Bonchev–Trinajstić information content (AvgIpc) is 2.83. The van der Waals surface area contributed by atoms with Crippen LogP contribution in [0.1, 0.15) is 57.8 Å². The van der Waals surface area contributed by atoms with Crippen molar-refractivity contribution in [3.8, 4) is 0 Å². The number of aliphatic hydroxyl groups is 1. The summed E-state index contributed by atoms with van der Waals surface area (Å²) in [5.41, 5.74) is 0. The highest BCUT2D eigenvalue weighted by molar-refractivity contribution is 5.78. The maximum Gasteiger partial charge on any atom is 0.236 e. The fraction of sp³-hybridized carbons (Fsp3) is 0.938. The molecule has 0 aliphatic carbocycles. The number of hydrogen-bond acceptors (Lipinski definition) is 3. The fourth-order valence-electron chi connectivity index (χ4n) is 3.53. The van der Waals surface area contributed by atoms with Gasteiger partial charge in [-0.05, 0) is 45.1 Å². The molecule has 2 heterocycles. The van der Waals surface area contributed by atoms with Gasteiger partial charge in [0.15, 0.2) is 0 Å². The van der Waals surface area contributed by atoms with Crippen LogP contribution >= 0.6 is 0 Å². The molecule has 0 bridgehead atoms. The molecule has 1 unspecified atom stereocenters. The predicted octanol–water partition coefficient (Wildman–Crippen LogP) is 2.02. The zero-order valence-electron chi connectivity index (χ0n) is 12.7. The molecule has 0 saturated carbocycles. The lowest BCUT2D eigenvalue weighted by Gasteiger charge is -2.29. The minimum Gasteiger partial charge on any atom is -0.396 e. The number of aliphatic hydroxyl groups excluding tert-OH is 1. The summed E-state index contributed by atoms with van der Waals surface area (Å²) >= 11 is 0. The maximum absolute atomic E-state index is 12.5. The van der Waals surface area contributed by atoms with Gasteiger partial charge in [0.05, 0.1) is 6.54 Å². The molecule has 1 atom stereocenters. The van der Waals surface area contributed by atoms with Crippen molar-refractivity contribution in [1.29, 1.82) is 0 Å². The number of hydrogen-bond donors (Lipinski definition) is 1. The van der Waals surface area contributed by atoms with E-state index >= 15 is 0 Å². The van der Waals surface area contributed by atoms with Crippen molar-refractivity contribution < 1.29 is 9.90 Å². The lowest BCUT2D eigenvalue weighted by Crippen LogP contribution is -2.43. The molecule has 2 fully saturated rings. The molecule has 20 heavy (non-hydrogen) atoms. The molecule has 0 radical (unpaired) electrons. The van der Waals surface area contributed by atoms with E-state index in [9.17, 15) is 4.79 Å². The number of rotatable bonds is 5. The van der Waals surface area contributed by atoms with Crippen LogP contribution in [0.4, 0.5) is 0 Å². The summed E-state index contributed by atoms with van der Waals surface area (Å²) < 4.78 is 0. The van der Waals surface area contributed by atoms with Gasteiger partial charge in [0.1, 0.15) is 0 Å². The van der Waals surface area contributed by atoms with Gasteiger partial charge in [-0.3, -0.25) is 9.69 Å². The van der Waals surface area contributed by atoms with E-state index in [-0.39, 0.29) is 6.61 Å². The number of likely N-dealkylation sites (tertiary alicyclic amines) is 2. The maximum atomic E-state index is 12.5. The molecule has 1 N–H and O–H groups in total. The Bertz CT molecular complexity index is 288. The van der Waals surface area contributed by atoms with Gasteiger partial charge in [-0.2, -0.15) is 0 Å². The summed E-state index contributed by atoms with van der Waals surface area (Å²) in [4.78, 5) is 16.9. The SMILES string of the molecule is O=C(CN1CCCC1CCCO)N1CCCCCCC1. The zero-order chi connectivity index (χ0) is 14.2. The van der Waals surface area contributed by atoms with Crippen molar-refractivity contribution in [2.24, 2.45) is 0 Å². The summed E-state index contributed by atoms with van der Waals surface area (Å²) in [6, 6.07) is 0.515. The van der Waals surface area contributed by atoms with E-state index in [0.717, 1.165) is 32.5 Å². The number of amides is 1. The predicted molar refractivity (Wildman–Crippen MR) is 80.6 cm³/mol. The summed E-state index contributed by atoms with van der Waals surface area (Å²) in [5, 5.41) is 8.96. The minimum absolute atomic E-state index is 0.268. The van der Waals surface area contributed by atoms with Crippen LogP contribution < -0.4 is 0 Å². The molecule has 2 rings (SSSR count). The smallest absolute Gasteiger partial charge is 0.236 e. The Morgan fingerprint density at radius 2 is 1.70 bits per heavy atom. The van der Waals surface area contributed by atoms with Crippen LogP contribution in [0.5, 0.6) is 0 Å². The van der Waals surface area contributed by atoms with E-state index in [0.29, 0.717) is 18.5 Å². The van der Waals surface area contributed by atoms with Gasteiger partial charge in [-0.1, -0.05) is 19.3 Å². The third-order valence-electron chi connectivity index (χ3n) is 4.74.